The predicted molar refractivity (Wildman–Crippen MR) is 68.7 cm³/mol. The van der Waals surface area contributed by atoms with Crippen LogP contribution in [0.5, 0.6) is 0 Å². The Bertz CT molecular complexity index is 494. The van der Waals surface area contributed by atoms with E-state index in [0.29, 0.717) is 5.69 Å². The molecule has 0 saturated heterocycles. The fourth-order valence-corrected chi connectivity index (χ4v) is 2.37. The van der Waals surface area contributed by atoms with Gasteiger partial charge in [0.1, 0.15) is 5.75 Å². The lowest BCUT2D eigenvalue weighted by Crippen LogP contribution is -2.33. The van der Waals surface area contributed by atoms with Crippen molar-refractivity contribution in [2.75, 3.05) is 23.5 Å². The Morgan fingerprint density at radius 1 is 1.35 bits per heavy atom. The zero-order valence-corrected chi connectivity index (χ0v) is 10.5. The number of anilines is 1. The van der Waals surface area contributed by atoms with E-state index in [2.05, 4.69) is 6.58 Å². The van der Waals surface area contributed by atoms with E-state index < -0.39 is 21.5 Å². The first kappa shape index (κ1) is 13.4. The van der Waals surface area contributed by atoms with Crippen LogP contribution in [0.4, 0.5) is 5.69 Å². The average molecular weight is 253 g/mol. The third-order valence-corrected chi connectivity index (χ3v) is 3.66. The molecule has 0 radical (unpaired) electrons. The molecule has 0 saturated carbocycles. The van der Waals surface area contributed by atoms with Crippen LogP contribution in [0, 0.1) is 0 Å². The molecule has 0 unspecified atom stereocenters. The predicted octanol–water partition coefficient (Wildman–Crippen LogP) is 1.25. The number of hydrogen-bond donors (Lipinski definition) is 0. The van der Waals surface area contributed by atoms with Crippen molar-refractivity contribution in [2.24, 2.45) is 0 Å². The van der Waals surface area contributed by atoms with Gasteiger partial charge in [0.25, 0.3) is 0 Å². The van der Waals surface area contributed by atoms with Crippen LogP contribution in [-0.4, -0.2) is 32.9 Å². The molecule has 0 aromatic heterocycles. The number of para-hydroxylation sites is 1. The van der Waals surface area contributed by atoms with Crippen molar-refractivity contribution >= 4 is 21.4 Å². The second-order valence-electron chi connectivity index (χ2n) is 3.63. The molecule has 0 aliphatic heterocycles. The maximum Gasteiger partial charge on any atom is 0.241 e. The molecule has 0 N–H and O–H groups in total. The number of nitrogens with zero attached hydrogens (tertiary/aromatic N) is 1. The summed E-state index contributed by atoms with van der Waals surface area (Å²) >= 11 is 0. The van der Waals surface area contributed by atoms with Gasteiger partial charge < -0.3 is 4.90 Å². The van der Waals surface area contributed by atoms with Crippen LogP contribution in [0.2, 0.25) is 0 Å². The van der Waals surface area contributed by atoms with Crippen LogP contribution >= 0.6 is 0 Å². The highest BCUT2D eigenvalue weighted by atomic mass is 32.2. The quantitative estimate of drug-likeness (QED) is 0.742. The number of hydrogen-bond acceptors (Lipinski definition) is 3. The van der Waals surface area contributed by atoms with Gasteiger partial charge in [0.05, 0.1) is 5.75 Å². The number of carbonyl (C=O) groups excluding carboxylic acids is 1. The van der Waals surface area contributed by atoms with Crippen LogP contribution in [-0.2, 0) is 14.6 Å². The molecule has 92 valence electrons. The summed E-state index contributed by atoms with van der Waals surface area (Å²) < 4.78 is 22.9. The zero-order chi connectivity index (χ0) is 12.9. The third-order valence-electron chi connectivity index (χ3n) is 2.23. The van der Waals surface area contributed by atoms with Gasteiger partial charge in [-0.2, -0.15) is 0 Å². The standard InChI is InChI=1S/C12H15NO3S/c1-3-9-17(15,16)10-12(14)13(2)11-7-5-4-6-8-11/h3-8H,1,9-10H2,2H3. The SMILES string of the molecule is C=CCS(=O)(=O)CC(=O)N(C)c1ccccc1. The van der Waals surface area contributed by atoms with Crippen LogP contribution < -0.4 is 4.90 Å². The Morgan fingerprint density at radius 2 is 1.94 bits per heavy atom. The Hall–Kier alpha value is -1.62. The molecule has 1 rings (SSSR count). The van der Waals surface area contributed by atoms with Gasteiger partial charge >= 0.3 is 0 Å². The summed E-state index contributed by atoms with van der Waals surface area (Å²) in [5.74, 6) is -1.12. The molecular weight excluding hydrogens is 238 g/mol. The molecule has 0 spiro atoms. The second kappa shape index (κ2) is 5.63. The number of rotatable bonds is 5. The normalized spacial score (nSPS) is 10.9. The molecule has 0 bridgehead atoms. The Balaban J connectivity index is 2.75. The van der Waals surface area contributed by atoms with Crippen molar-refractivity contribution < 1.29 is 13.2 Å². The molecule has 1 amide bonds. The Morgan fingerprint density at radius 3 is 2.47 bits per heavy atom. The minimum atomic E-state index is -3.39. The summed E-state index contributed by atoms with van der Waals surface area (Å²) in [6.45, 7) is 3.35. The number of amides is 1. The summed E-state index contributed by atoms with van der Waals surface area (Å²) in [4.78, 5) is 13.1. The summed E-state index contributed by atoms with van der Waals surface area (Å²) in [6.07, 6.45) is 1.28. The topological polar surface area (TPSA) is 54.5 Å². The largest absolute Gasteiger partial charge is 0.315 e. The van der Waals surface area contributed by atoms with Crippen molar-refractivity contribution in [1.82, 2.24) is 0 Å². The average Bonchev–Trinajstić information content (AvgIpc) is 2.28. The van der Waals surface area contributed by atoms with E-state index in [0.717, 1.165) is 0 Å². The van der Waals surface area contributed by atoms with Gasteiger partial charge in [0, 0.05) is 12.7 Å². The highest BCUT2D eigenvalue weighted by molar-refractivity contribution is 7.92. The summed E-state index contributed by atoms with van der Waals surface area (Å²) in [7, 11) is -1.84. The smallest absolute Gasteiger partial charge is 0.241 e. The van der Waals surface area contributed by atoms with Gasteiger partial charge in [-0.05, 0) is 12.1 Å². The molecule has 17 heavy (non-hydrogen) atoms. The minimum absolute atomic E-state index is 0.179. The van der Waals surface area contributed by atoms with Crippen LogP contribution in [0.1, 0.15) is 0 Å². The summed E-state index contributed by atoms with van der Waals surface area (Å²) in [5.41, 5.74) is 0.673. The lowest BCUT2D eigenvalue weighted by atomic mass is 10.3. The van der Waals surface area contributed by atoms with Crippen molar-refractivity contribution in [1.29, 1.82) is 0 Å². The molecule has 0 fully saturated rings. The van der Waals surface area contributed by atoms with E-state index in [4.69, 9.17) is 0 Å². The monoisotopic (exact) mass is 253 g/mol. The van der Waals surface area contributed by atoms with Gasteiger partial charge in [-0.25, -0.2) is 8.42 Å². The molecule has 0 atom stereocenters. The van der Waals surface area contributed by atoms with Gasteiger partial charge in [-0.1, -0.05) is 24.3 Å². The first-order valence-electron chi connectivity index (χ1n) is 5.09. The van der Waals surface area contributed by atoms with E-state index in [1.165, 1.54) is 11.0 Å². The summed E-state index contributed by atoms with van der Waals surface area (Å²) in [5, 5.41) is 0. The number of sulfone groups is 1. The minimum Gasteiger partial charge on any atom is -0.315 e. The molecule has 0 heterocycles. The fraction of sp³-hybridized carbons (Fsp3) is 0.250. The lowest BCUT2D eigenvalue weighted by molar-refractivity contribution is -0.115. The van der Waals surface area contributed by atoms with Crippen LogP contribution in [0.3, 0.4) is 0 Å². The third kappa shape index (κ3) is 4.03. The van der Waals surface area contributed by atoms with Gasteiger partial charge in [-0.3, -0.25) is 4.79 Å². The number of benzene rings is 1. The Kier molecular flexibility index (Phi) is 4.45. The fourth-order valence-electron chi connectivity index (χ4n) is 1.32. The molecule has 0 aliphatic carbocycles. The first-order chi connectivity index (χ1) is 7.96. The van der Waals surface area contributed by atoms with Gasteiger partial charge in [0.15, 0.2) is 9.84 Å². The second-order valence-corrected chi connectivity index (χ2v) is 5.74. The van der Waals surface area contributed by atoms with Crippen molar-refractivity contribution in [3.63, 3.8) is 0 Å². The molecule has 0 aliphatic rings. The molecule has 5 heteroatoms. The van der Waals surface area contributed by atoms with Crippen LogP contribution in [0.25, 0.3) is 0 Å². The highest BCUT2D eigenvalue weighted by Gasteiger charge is 2.19. The van der Waals surface area contributed by atoms with E-state index >= 15 is 0 Å². The zero-order valence-electron chi connectivity index (χ0n) is 9.67. The Labute approximate surface area is 101 Å². The van der Waals surface area contributed by atoms with E-state index in [1.54, 1.807) is 31.3 Å². The molecule has 1 aromatic carbocycles. The van der Waals surface area contributed by atoms with Crippen molar-refractivity contribution in [3.05, 3.63) is 43.0 Å². The van der Waals surface area contributed by atoms with E-state index in [-0.39, 0.29) is 5.75 Å². The van der Waals surface area contributed by atoms with Crippen molar-refractivity contribution in [3.8, 4) is 0 Å². The number of carbonyl (C=O) groups is 1. The maximum absolute atomic E-state index is 11.7. The maximum atomic E-state index is 11.7. The molecular formula is C12H15NO3S. The van der Waals surface area contributed by atoms with Crippen LogP contribution in [0.15, 0.2) is 43.0 Å². The highest BCUT2D eigenvalue weighted by Crippen LogP contribution is 2.11. The first-order valence-corrected chi connectivity index (χ1v) is 6.91. The van der Waals surface area contributed by atoms with Gasteiger partial charge in [0.2, 0.25) is 5.91 Å². The lowest BCUT2D eigenvalue weighted by Gasteiger charge is -2.16. The van der Waals surface area contributed by atoms with E-state index in [9.17, 15) is 13.2 Å². The molecule has 4 nitrogen and oxygen atoms in total. The van der Waals surface area contributed by atoms with Gasteiger partial charge in [-0.15, -0.1) is 6.58 Å². The van der Waals surface area contributed by atoms with Crippen molar-refractivity contribution in [2.45, 2.75) is 0 Å². The molecule has 1 aromatic rings. The summed E-state index contributed by atoms with van der Waals surface area (Å²) in [6, 6.07) is 8.90. The van der Waals surface area contributed by atoms with E-state index in [1.807, 2.05) is 6.07 Å².